The van der Waals surface area contributed by atoms with E-state index >= 15 is 0 Å². The highest BCUT2D eigenvalue weighted by atomic mass is 16.5. The Morgan fingerprint density at radius 3 is 2.52 bits per heavy atom. The summed E-state index contributed by atoms with van der Waals surface area (Å²) in [5.74, 6) is -0.973. The van der Waals surface area contributed by atoms with Crippen molar-refractivity contribution in [3.63, 3.8) is 0 Å². The van der Waals surface area contributed by atoms with Crippen molar-refractivity contribution in [2.24, 2.45) is 0 Å². The Labute approximate surface area is 181 Å². The third kappa shape index (κ3) is 6.18. The molecular formula is C23H29N3O5. The summed E-state index contributed by atoms with van der Waals surface area (Å²) in [5.41, 5.74) is 0.708. The average molecular weight is 428 g/mol. The van der Waals surface area contributed by atoms with E-state index in [-0.39, 0.29) is 43.3 Å². The van der Waals surface area contributed by atoms with Crippen molar-refractivity contribution < 1.29 is 23.5 Å². The molecule has 0 aliphatic heterocycles. The van der Waals surface area contributed by atoms with Gasteiger partial charge in [0.25, 0.3) is 5.91 Å². The number of hydrogen-bond acceptors (Lipinski definition) is 5. The lowest BCUT2D eigenvalue weighted by atomic mass is 10.0. The van der Waals surface area contributed by atoms with Crippen molar-refractivity contribution in [3.05, 3.63) is 60.1 Å². The molecule has 1 aromatic carbocycles. The summed E-state index contributed by atoms with van der Waals surface area (Å²) >= 11 is 0. The SMILES string of the molecule is COCCN(C(=O)CNC(=O)c1ccco1)[C@H](C(=O)NC1CCCC1)c1ccccc1. The first kappa shape index (κ1) is 22.6. The molecule has 0 bridgehead atoms. The molecule has 0 saturated heterocycles. The van der Waals surface area contributed by atoms with Crippen LogP contribution in [0.2, 0.25) is 0 Å². The number of benzene rings is 1. The molecule has 3 rings (SSSR count). The predicted molar refractivity (Wildman–Crippen MR) is 114 cm³/mol. The number of ether oxygens (including phenoxy) is 1. The number of carbonyl (C=O) groups excluding carboxylic acids is 3. The van der Waals surface area contributed by atoms with E-state index in [1.54, 1.807) is 6.07 Å². The molecule has 0 spiro atoms. The van der Waals surface area contributed by atoms with Gasteiger partial charge in [-0.05, 0) is 30.5 Å². The zero-order chi connectivity index (χ0) is 22.1. The zero-order valence-corrected chi connectivity index (χ0v) is 17.7. The number of carbonyl (C=O) groups is 3. The number of amides is 3. The standard InChI is InChI=1S/C23H29N3O5/c1-30-15-13-26(20(27)16-24-22(28)19-12-7-14-31-19)21(17-8-3-2-4-9-17)23(29)25-18-10-5-6-11-18/h2-4,7-9,12,14,18,21H,5-6,10-11,13,15-16H2,1H3,(H,24,28)(H,25,29)/t21-/m0/s1. The lowest BCUT2D eigenvalue weighted by Gasteiger charge is -2.32. The molecule has 1 aliphatic rings. The van der Waals surface area contributed by atoms with E-state index in [4.69, 9.17) is 9.15 Å². The molecule has 1 aromatic heterocycles. The maximum atomic E-state index is 13.3. The molecule has 8 nitrogen and oxygen atoms in total. The summed E-state index contributed by atoms with van der Waals surface area (Å²) in [6.45, 7) is 0.213. The molecule has 2 aromatic rings. The smallest absolute Gasteiger partial charge is 0.287 e. The minimum Gasteiger partial charge on any atom is -0.459 e. The molecule has 1 fully saturated rings. The zero-order valence-electron chi connectivity index (χ0n) is 17.7. The fourth-order valence-corrected chi connectivity index (χ4v) is 3.80. The number of rotatable bonds is 10. The number of nitrogens with one attached hydrogen (secondary N) is 2. The molecule has 1 aliphatic carbocycles. The summed E-state index contributed by atoms with van der Waals surface area (Å²) in [4.78, 5) is 40.0. The molecule has 1 heterocycles. The first-order chi connectivity index (χ1) is 15.1. The summed E-state index contributed by atoms with van der Waals surface area (Å²) in [6.07, 6.45) is 5.45. The molecule has 1 saturated carbocycles. The molecular weight excluding hydrogens is 398 g/mol. The van der Waals surface area contributed by atoms with E-state index < -0.39 is 11.9 Å². The largest absolute Gasteiger partial charge is 0.459 e. The lowest BCUT2D eigenvalue weighted by molar-refractivity contribution is -0.141. The highest BCUT2D eigenvalue weighted by Crippen LogP contribution is 2.24. The van der Waals surface area contributed by atoms with Gasteiger partial charge in [0.15, 0.2) is 5.76 Å². The van der Waals surface area contributed by atoms with Crippen molar-refractivity contribution >= 4 is 17.7 Å². The molecule has 0 unspecified atom stereocenters. The number of hydrogen-bond donors (Lipinski definition) is 2. The first-order valence-corrected chi connectivity index (χ1v) is 10.6. The second-order valence-electron chi connectivity index (χ2n) is 7.54. The number of furan rings is 1. The monoisotopic (exact) mass is 427 g/mol. The summed E-state index contributed by atoms with van der Waals surface area (Å²) in [5, 5.41) is 5.66. The molecule has 3 amide bonds. The van der Waals surface area contributed by atoms with Crippen molar-refractivity contribution in [3.8, 4) is 0 Å². The second-order valence-corrected chi connectivity index (χ2v) is 7.54. The van der Waals surface area contributed by atoms with Gasteiger partial charge in [0, 0.05) is 19.7 Å². The van der Waals surface area contributed by atoms with Gasteiger partial charge in [0.05, 0.1) is 19.4 Å². The van der Waals surface area contributed by atoms with E-state index in [2.05, 4.69) is 10.6 Å². The van der Waals surface area contributed by atoms with Gasteiger partial charge in [-0.1, -0.05) is 43.2 Å². The first-order valence-electron chi connectivity index (χ1n) is 10.6. The Morgan fingerprint density at radius 2 is 1.87 bits per heavy atom. The Morgan fingerprint density at radius 1 is 1.13 bits per heavy atom. The minimum atomic E-state index is -0.815. The number of methoxy groups -OCH3 is 1. The Balaban J connectivity index is 1.78. The van der Waals surface area contributed by atoms with Gasteiger partial charge >= 0.3 is 0 Å². The third-order valence-electron chi connectivity index (χ3n) is 5.38. The van der Waals surface area contributed by atoms with E-state index in [1.807, 2.05) is 30.3 Å². The quantitative estimate of drug-likeness (QED) is 0.606. The van der Waals surface area contributed by atoms with E-state index in [9.17, 15) is 14.4 Å². The Kier molecular flexibility index (Phi) is 8.23. The van der Waals surface area contributed by atoms with Gasteiger partial charge in [-0.2, -0.15) is 0 Å². The van der Waals surface area contributed by atoms with Crippen LogP contribution in [0.25, 0.3) is 0 Å². The van der Waals surface area contributed by atoms with E-state index in [0.29, 0.717) is 5.56 Å². The van der Waals surface area contributed by atoms with E-state index in [0.717, 1.165) is 25.7 Å². The van der Waals surface area contributed by atoms with Crippen LogP contribution in [0, 0.1) is 0 Å². The van der Waals surface area contributed by atoms with Crippen molar-refractivity contribution in [1.82, 2.24) is 15.5 Å². The highest BCUT2D eigenvalue weighted by Gasteiger charge is 2.33. The minimum absolute atomic E-state index is 0.120. The summed E-state index contributed by atoms with van der Waals surface area (Å²) < 4.78 is 10.2. The highest BCUT2D eigenvalue weighted by molar-refractivity contribution is 5.95. The molecule has 8 heteroatoms. The predicted octanol–water partition coefficient (Wildman–Crippen LogP) is 2.28. The van der Waals surface area contributed by atoms with Crippen molar-refractivity contribution in [2.75, 3.05) is 26.8 Å². The van der Waals surface area contributed by atoms with Crippen LogP contribution in [0.3, 0.4) is 0 Å². The van der Waals surface area contributed by atoms with Gasteiger partial charge in [-0.15, -0.1) is 0 Å². The maximum absolute atomic E-state index is 13.3. The normalized spacial score (nSPS) is 14.7. The van der Waals surface area contributed by atoms with Crippen LogP contribution in [0.4, 0.5) is 0 Å². The Bertz CT molecular complexity index is 847. The third-order valence-corrected chi connectivity index (χ3v) is 5.38. The maximum Gasteiger partial charge on any atom is 0.287 e. The van der Waals surface area contributed by atoms with Gasteiger partial charge in [0.2, 0.25) is 11.8 Å². The topological polar surface area (TPSA) is 101 Å². The fraction of sp³-hybridized carbons (Fsp3) is 0.435. The Hall–Kier alpha value is -3.13. The van der Waals surface area contributed by atoms with Gasteiger partial charge in [-0.25, -0.2) is 0 Å². The molecule has 166 valence electrons. The van der Waals surface area contributed by atoms with Crippen LogP contribution in [-0.4, -0.2) is 55.5 Å². The number of nitrogens with zero attached hydrogens (tertiary/aromatic N) is 1. The van der Waals surface area contributed by atoms with Crippen LogP contribution in [-0.2, 0) is 14.3 Å². The molecule has 31 heavy (non-hydrogen) atoms. The van der Waals surface area contributed by atoms with Crippen LogP contribution in [0.15, 0.2) is 53.1 Å². The van der Waals surface area contributed by atoms with Crippen LogP contribution in [0.5, 0.6) is 0 Å². The average Bonchev–Trinajstić information content (AvgIpc) is 3.49. The summed E-state index contributed by atoms with van der Waals surface area (Å²) in [7, 11) is 1.54. The molecule has 2 N–H and O–H groups in total. The van der Waals surface area contributed by atoms with Gasteiger partial charge in [0.1, 0.15) is 6.04 Å². The van der Waals surface area contributed by atoms with Crippen LogP contribution in [0.1, 0.15) is 47.8 Å². The lowest BCUT2D eigenvalue weighted by Crippen LogP contribution is -2.49. The van der Waals surface area contributed by atoms with Crippen molar-refractivity contribution in [1.29, 1.82) is 0 Å². The second kappa shape index (κ2) is 11.3. The van der Waals surface area contributed by atoms with Gasteiger partial charge in [-0.3, -0.25) is 14.4 Å². The molecule has 1 atom stereocenters. The van der Waals surface area contributed by atoms with Crippen LogP contribution >= 0.6 is 0 Å². The van der Waals surface area contributed by atoms with E-state index in [1.165, 1.54) is 24.3 Å². The summed E-state index contributed by atoms with van der Waals surface area (Å²) in [6, 6.07) is 11.6. The molecule has 0 radical (unpaired) electrons. The fourth-order valence-electron chi connectivity index (χ4n) is 3.80. The van der Waals surface area contributed by atoms with Crippen LogP contribution < -0.4 is 10.6 Å². The van der Waals surface area contributed by atoms with Crippen molar-refractivity contribution in [2.45, 2.75) is 37.8 Å². The van der Waals surface area contributed by atoms with Gasteiger partial charge < -0.3 is 24.7 Å².